The van der Waals surface area contributed by atoms with Crippen molar-refractivity contribution >= 4 is 36.8 Å². The maximum atomic E-state index is 13.1. The third kappa shape index (κ3) is 7.80. The van der Waals surface area contributed by atoms with E-state index in [1.807, 2.05) is 0 Å². The first-order valence-electron chi connectivity index (χ1n) is 8.92. The van der Waals surface area contributed by atoms with Crippen molar-refractivity contribution in [2.24, 2.45) is 0 Å². The van der Waals surface area contributed by atoms with E-state index in [2.05, 4.69) is 5.32 Å². The van der Waals surface area contributed by atoms with Gasteiger partial charge in [-0.05, 0) is 68.3 Å². The normalized spacial score (nSPS) is 11.2. The van der Waals surface area contributed by atoms with Crippen molar-refractivity contribution in [2.75, 3.05) is 19.4 Å². The van der Waals surface area contributed by atoms with E-state index in [4.69, 9.17) is 47.1 Å². The number of ether oxygens (including phenoxy) is 1. The standard InChI is InChI=1S/C19H22Cl2NO7P/c1-4-25-19(23)11-22-12-30(24,28-26-17-7-5-15(20)9-13(17)2)29-27-18-8-6-16(21)10-14(18)3/h5-10,22H,4,11-12H2,1-3H3. The minimum absolute atomic E-state index is 0.204. The number of hydrogen-bond acceptors (Lipinski definition) is 8. The molecule has 0 unspecified atom stereocenters. The number of rotatable bonds is 11. The lowest BCUT2D eigenvalue weighted by Crippen LogP contribution is -2.27. The highest BCUT2D eigenvalue weighted by molar-refractivity contribution is 7.53. The molecule has 0 aliphatic heterocycles. The Hall–Kier alpha value is -1.80. The number of benzene rings is 2. The predicted molar refractivity (Wildman–Crippen MR) is 113 cm³/mol. The summed E-state index contributed by atoms with van der Waals surface area (Å²) < 4.78 is 28.1. The highest BCUT2D eigenvalue weighted by Gasteiger charge is 2.31. The van der Waals surface area contributed by atoms with Gasteiger partial charge in [0.2, 0.25) is 0 Å². The number of aryl methyl sites for hydroxylation is 2. The van der Waals surface area contributed by atoms with E-state index in [0.717, 1.165) is 0 Å². The summed E-state index contributed by atoms with van der Waals surface area (Å²) >= 11 is 11.8. The Morgan fingerprint density at radius 2 is 1.47 bits per heavy atom. The lowest BCUT2D eigenvalue weighted by Gasteiger charge is -2.18. The summed E-state index contributed by atoms with van der Waals surface area (Å²) in [4.78, 5) is 21.9. The maximum Gasteiger partial charge on any atom is 0.418 e. The van der Waals surface area contributed by atoms with Crippen LogP contribution < -0.4 is 15.1 Å². The highest BCUT2D eigenvalue weighted by Crippen LogP contribution is 2.48. The fraction of sp³-hybridized carbons (Fsp3) is 0.316. The number of hydrogen-bond donors (Lipinski definition) is 1. The molecule has 0 aromatic heterocycles. The molecule has 0 amide bonds. The van der Waals surface area contributed by atoms with Crippen LogP contribution in [0.3, 0.4) is 0 Å². The summed E-state index contributed by atoms with van der Waals surface area (Å²) in [7, 11) is -4.02. The van der Waals surface area contributed by atoms with Crippen LogP contribution in [0.1, 0.15) is 18.1 Å². The summed E-state index contributed by atoms with van der Waals surface area (Å²) in [6.45, 7) is 5.18. The molecule has 0 spiro atoms. The minimum Gasteiger partial charge on any atom is -0.465 e. The van der Waals surface area contributed by atoms with Gasteiger partial charge in [0.25, 0.3) is 0 Å². The smallest absolute Gasteiger partial charge is 0.418 e. The first-order valence-corrected chi connectivity index (χ1v) is 11.4. The molecule has 0 heterocycles. The second-order valence-corrected chi connectivity index (χ2v) is 8.85. The van der Waals surface area contributed by atoms with Crippen molar-refractivity contribution in [3.05, 3.63) is 57.6 Å². The molecule has 0 aliphatic carbocycles. The molecule has 0 atom stereocenters. The number of nitrogens with one attached hydrogen (secondary N) is 1. The molecular weight excluding hydrogens is 456 g/mol. The van der Waals surface area contributed by atoms with Crippen LogP contribution in [-0.2, 0) is 23.4 Å². The van der Waals surface area contributed by atoms with Gasteiger partial charge in [-0.25, -0.2) is 0 Å². The third-order valence-electron chi connectivity index (χ3n) is 3.64. The lowest BCUT2D eigenvalue weighted by molar-refractivity contribution is -0.171. The van der Waals surface area contributed by atoms with Crippen LogP contribution in [-0.4, -0.2) is 25.4 Å². The van der Waals surface area contributed by atoms with Crippen molar-refractivity contribution in [3.63, 3.8) is 0 Å². The summed E-state index contributed by atoms with van der Waals surface area (Å²) in [5.74, 6) is 0.0561. The van der Waals surface area contributed by atoms with Crippen molar-refractivity contribution in [1.82, 2.24) is 5.32 Å². The van der Waals surface area contributed by atoms with Crippen molar-refractivity contribution in [2.45, 2.75) is 20.8 Å². The lowest BCUT2D eigenvalue weighted by atomic mass is 10.2. The van der Waals surface area contributed by atoms with Crippen LogP contribution in [0, 0.1) is 13.8 Å². The number of halogens is 2. The molecule has 0 radical (unpaired) electrons. The second-order valence-electron chi connectivity index (χ2n) is 6.14. The van der Waals surface area contributed by atoms with Crippen LogP contribution >= 0.6 is 30.8 Å². The van der Waals surface area contributed by atoms with Crippen LogP contribution in [0.25, 0.3) is 0 Å². The average molecular weight is 478 g/mol. The SMILES string of the molecule is CCOC(=O)CNCP(=O)(OOc1ccc(Cl)cc1C)OOc1ccc(Cl)cc1C. The molecule has 2 aromatic carbocycles. The zero-order valence-corrected chi connectivity index (χ0v) is 19.1. The highest BCUT2D eigenvalue weighted by atomic mass is 35.5. The van der Waals surface area contributed by atoms with Crippen molar-refractivity contribution in [3.8, 4) is 11.5 Å². The van der Waals surface area contributed by atoms with Gasteiger partial charge < -0.3 is 14.5 Å². The maximum absolute atomic E-state index is 13.1. The Balaban J connectivity index is 2.07. The Kier molecular flexibility index (Phi) is 9.42. The Morgan fingerprint density at radius 1 is 0.967 bits per heavy atom. The minimum atomic E-state index is -4.02. The summed E-state index contributed by atoms with van der Waals surface area (Å²) in [5.41, 5.74) is 1.31. The van der Waals surface area contributed by atoms with Crippen molar-refractivity contribution < 1.29 is 33.2 Å². The quantitative estimate of drug-likeness (QED) is 0.203. The molecule has 164 valence electrons. The molecular formula is C19H22Cl2NO7P. The van der Waals surface area contributed by atoms with E-state index in [1.165, 1.54) is 0 Å². The van der Waals surface area contributed by atoms with Gasteiger partial charge in [-0.15, -0.1) is 0 Å². The molecule has 1 N–H and O–H groups in total. The molecule has 11 heteroatoms. The molecule has 8 nitrogen and oxygen atoms in total. The zero-order chi connectivity index (χ0) is 22.1. The van der Waals surface area contributed by atoms with E-state index >= 15 is 0 Å². The van der Waals surface area contributed by atoms with Gasteiger partial charge in [0, 0.05) is 10.0 Å². The van der Waals surface area contributed by atoms with Gasteiger partial charge in [0.15, 0.2) is 11.5 Å². The van der Waals surface area contributed by atoms with Gasteiger partial charge in [-0.3, -0.25) is 14.7 Å². The number of esters is 1. The molecule has 0 fully saturated rings. The molecule has 2 aromatic rings. The summed E-state index contributed by atoms with van der Waals surface area (Å²) in [6.07, 6.45) is -0.384. The summed E-state index contributed by atoms with van der Waals surface area (Å²) in [6, 6.07) is 9.59. The van der Waals surface area contributed by atoms with E-state index < -0.39 is 13.6 Å². The van der Waals surface area contributed by atoms with E-state index in [1.54, 1.807) is 57.2 Å². The zero-order valence-electron chi connectivity index (χ0n) is 16.6. The predicted octanol–water partition coefficient (Wildman–Crippen LogP) is 5.23. The van der Waals surface area contributed by atoms with Crippen LogP contribution in [0.15, 0.2) is 36.4 Å². The molecule has 0 aliphatic rings. The molecule has 2 rings (SSSR count). The van der Waals surface area contributed by atoms with Crippen LogP contribution in [0.4, 0.5) is 0 Å². The topological polar surface area (TPSA) is 92.3 Å². The van der Waals surface area contributed by atoms with Gasteiger partial charge >= 0.3 is 13.6 Å². The number of carbonyl (C=O) groups excluding carboxylic acids is 1. The van der Waals surface area contributed by atoms with E-state index in [9.17, 15) is 9.36 Å². The first kappa shape index (κ1) is 24.5. The second kappa shape index (κ2) is 11.6. The Morgan fingerprint density at radius 3 is 1.90 bits per heavy atom. The first-order chi connectivity index (χ1) is 14.2. The number of carbonyl (C=O) groups is 1. The van der Waals surface area contributed by atoms with Crippen LogP contribution in [0.2, 0.25) is 10.0 Å². The Bertz CT molecular complexity index is 866. The summed E-state index contributed by atoms with van der Waals surface area (Å²) in [5, 5.41) is 3.66. The molecule has 0 saturated heterocycles. The van der Waals surface area contributed by atoms with Gasteiger partial charge in [-0.1, -0.05) is 32.6 Å². The molecule has 30 heavy (non-hydrogen) atoms. The van der Waals surface area contributed by atoms with E-state index in [0.29, 0.717) is 21.2 Å². The average Bonchev–Trinajstić information content (AvgIpc) is 2.67. The largest absolute Gasteiger partial charge is 0.465 e. The van der Waals surface area contributed by atoms with Gasteiger partial charge in [-0.2, -0.15) is 0 Å². The van der Waals surface area contributed by atoms with Gasteiger partial charge in [0.1, 0.15) is 6.29 Å². The molecule has 0 saturated carbocycles. The van der Waals surface area contributed by atoms with E-state index in [-0.39, 0.29) is 30.9 Å². The monoisotopic (exact) mass is 477 g/mol. The fourth-order valence-corrected chi connectivity index (χ4v) is 3.54. The third-order valence-corrected chi connectivity index (χ3v) is 5.32. The van der Waals surface area contributed by atoms with Crippen molar-refractivity contribution in [1.29, 1.82) is 0 Å². The van der Waals surface area contributed by atoms with Gasteiger partial charge in [0.05, 0.1) is 13.2 Å². The Labute approximate surface area is 184 Å². The fourth-order valence-electron chi connectivity index (χ4n) is 2.18. The molecule has 0 bridgehead atoms. The van der Waals surface area contributed by atoms with Crippen LogP contribution in [0.5, 0.6) is 11.5 Å².